The first-order chi connectivity index (χ1) is 16.0. The fourth-order valence-electron chi connectivity index (χ4n) is 4.69. The van der Waals surface area contributed by atoms with E-state index in [0.29, 0.717) is 23.5 Å². The number of nitrogens with one attached hydrogen (secondary N) is 2. The topological polar surface area (TPSA) is 77.7 Å². The molecule has 0 radical (unpaired) electrons. The van der Waals surface area contributed by atoms with Gasteiger partial charge in [-0.25, -0.2) is 4.79 Å². The number of likely N-dealkylation sites (N-methyl/N-ethyl adjacent to an activating group) is 1. The standard InChI is InChI=1S/C26H32N4O3/c1-4-29-14-8-11-21(29)17-30(26(32)27-22-12-5-6-13-23(22)33-3)16-20-15-19-10-7-9-18(2)24(19)28-25(20)31/h5-7,9-10,12-13,15,21H,4,8,11,14,16-17H2,1-3H3,(H,27,32)(H,28,31). The molecule has 0 saturated carbocycles. The molecule has 1 aromatic heterocycles. The maximum atomic E-state index is 13.4. The number of H-pyrrole nitrogens is 1. The summed E-state index contributed by atoms with van der Waals surface area (Å²) in [5, 5.41) is 3.95. The molecule has 1 aliphatic rings. The number of aromatic amines is 1. The normalized spacial score (nSPS) is 16.2. The number of urea groups is 1. The molecule has 1 unspecified atom stereocenters. The summed E-state index contributed by atoms with van der Waals surface area (Å²) in [7, 11) is 1.58. The largest absolute Gasteiger partial charge is 0.495 e. The van der Waals surface area contributed by atoms with Crippen LogP contribution in [-0.2, 0) is 6.54 Å². The van der Waals surface area contributed by atoms with Crippen LogP contribution in [0, 0.1) is 6.92 Å². The summed E-state index contributed by atoms with van der Waals surface area (Å²) in [6.45, 7) is 6.90. The lowest BCUT2D eigenvalue weighted by molar-refractivity contribution is 0.174. The molecule has 7 nitrogen and oxygen atoms in total. The van der Waals surface area contributed by atoms with Gasteiger partial charge in [0.1, 0.15) is 5.75 Å². The number of aryl methyl sites for hydroxylation is 1. The number of amides is 2. The molecule has 1 fully saturated rings. The lowest BCUT2D eigenvalue weighted by Crippen LogP contribution is -2.45. The van der Waals surface area contributed by atoms with Crippen LogP contribution in [0.4, 0.5) is 10.5 Å². The number of benzene rings is 2. The van der Waals surface area contributed by atoms with Crippen LogP contribution in [0.1, 0.15) is 30.9 Å². The van der Waals surface area contributed by atoms with Crippen molar-refractivity contribution in [1.29, 1.82) is 0 Å². The van der Waals surface area contributed by atoms with Crippen molar-refractivity contribution in [2.45, 2.75) is 39.3 Å². The smallest absolute Gasteiger partial charge is 0.322 e. The van der Waals surface area contributed by atoms with Crippen molar-refractivity contribution >= 4 is 22.6 Å². The van der Waals surface area contributed by atoms with E-state index < -0.39 is 0 Å². The van der Waals surface area contributed by atoms with E-state index in [1.54, 1.807) is 12.0 Å². The second-order valence-corrected chi connectivity index (χ2v) is 8.60. The molecule has 2 amide bonds. The number of nitrogens with zero attached hydrogens (tertiary/aromatic N) is 2. The van der Waals surface area contributed by atoms with Gasteiger partial charge in [-0.2, -0.15) is 0 Å². The van der Waals surface area contributed by atoms with Crippen molar-refractivity contribution in [2.24, 2.45) is 0 Å². The number of carbonyl (C=O) groups is 1. The Morgan fingerprint density at radius 2 is 2.06 bits per heavy atom. The molecule has 2 N–H and O–H groups in total. The zero-order valence-corrected chi connectivity index (χ0v) is 19.6. The number of methoxy groups -OCH3 is 1. The van der Waals surface area contributed by atoms with Gasteiger partial charge >= 0.3 is 6.03 Å². The van der Waals surface area contributed by atoms with Crippen LogP contribution in [-0.4, -0.2) is 53.6 Å². The Kier molecular flexibility index (Phi) is 6.99. The molecular weight excluding hydrogens is 416 g/mol. The highest BCUT2D eigenvalue weighted by Gasteiger charge is 2.28. The Morgan fingerprint density at radius 1 is 1.24 bits per heavy atom. The SMILES string of the molecule is CCN1CCCC1CN(Cc1cc2cccc(C)c2[nH]c1=O)C(=O)Nc1ccccc1OC. The second-order valence-electron chi connectivity index (χ2n) is 8.60. The van der Waals surface area contributed by atoms with Gasteiger partial charge in [0.25, 0.3) is 5.56 Å². The summed E-state index contributed by atoms with van der Waals surface area (Å²) in [6, 6.07) is 15.2. The molecule has 4 rings (SSSR count). The summed E-state index contributed by atoms with van der Waals surface area (Å²) < 4.78 is 5.39. The van der Waals surface area contributed by atoms with Crippen molar-refractivity contribution in [3.8, 4) is 5.75 Å². The predicted molar refractivity (Wildman–Crippen MR) is 132 cm³/mol. The minimum absolute atomic E-state index is 0.161. The maximum Gasteiger partial charge on any atom is 0.322 e. The summed E-state index contributed by atoms with van der Waals surface area (Å²) in [4.78, 5) is 33.5. The molecule has 1 saturated heterocycles. The lowest BCUT2D eigenvalue weighted by atomic mass is 10.1. The number of likely N-dealkylation sites (tertiary alicyclic amines) is 1. The van der Waals surface area contributed by atoms with Gasteiger partial charge in [0.15, 0.2) is 0 Å². The molecule has 1 aliphatic heterocycles. The molecule has 174 valence electrons. The van der Waals surface area contributed by atoms with Crippen LogP contribution >= 0.6 is 0 Å². The monoisotopic (exact) mass is 448 g/mol. The van der Waals surface area contributed by atoms with E-state index in [4.69, 9.17) is 4.74 Å². The van der Waals surface area contributed by atoms with Crippen LogP contribution in [0.25, 0.3) is 10.9 Å². The van der Waals surface area contributed by atoms with Gasteiger partial charge in [-0.05, 0) is 62.0 Å². The van der Waals surface area contributed by atoms with E-state index in [1.807, 2.05) is 55.5 Å². The molecule has 2 aromatic carbocycles. The van der Waals surface area contributed by atoms with E-state index in [1.165, 1.54) is 0 Å². The van der Waals surface area contributed by atoms with E-state index in [2.05, 4.69) is 22.1 Å². The number of hydrogen-bond acceptors (Lipinski definition) is 4. The number of ether oxygens (including phenoxy) is 1. The predicted octanol–water partition coefficient (Wildman–Crippen LogP) is 4.36. The van der Waals surface area contributed by atoms with Gasteiger partial charge in [-0.1, -0.05) is 37.3 Å². The molecule has 33 heavy (non-hydrogen) atoms. The van der Waals surface area contributed by atoms with Gasteiger partial charge in [-0.15, -0.1) is 0 Å². The first-order valence-corrected chi connectivity index (χ1v) is 11.5. The molecular formula is C26H32N4O3. The fourth-order valence-corrected chi connectivity index (χ4v) is 4.69. The molecule has 0 aliphatic carbocycles. The van der Waals surface area contributed by atoms with E-state index in [-0.39, 0.29) is 24.2 Å². The number of para-hydroxylation sites is 3. The van der Waals surface area contributed by atoms with Crippen molar-refractivity contribution in [3.05, 3.63) is 70.0 Å². The van der Waals surface area contributed by atoms with E-state index in [0.717, 1.165) is 42.4 Å². The highest BCUT2D eigenvalue weighted by Crippen LogP contribution is 2.25. The Morgan fingerprint density at radius 3 is 2.85 bits per heavy atom. The average Bonchev–Trinajstić information content (AvgIpc) is 3.27. The van der Waals surface area contributed by atoms with Crippen molar-refractivity contribution in [2.75, 3.05) is 32.1 Å². The zero-order chi connectivity index (χ0) is 23.4. The zero-order valence-electron chi connectivity index (χ0n) is 19.6. The lowest BCUT2D eigenvalue weighted by Gasteiger charge is -2.30. The van der Waals surface area contributed by atoms with Crippen LogP contribution in [0.2, 0.25) is 0 Å². The number of anilines is 1. The Balaban J connectivity index is 1.64. The molecule has 3 aromatic rings. The van der Waals surface area contributed by atoms with Gasteiger partial charge in [0.05, 0.1) is 24.9 Å². The first kappa shape index (κ1) is 22.9. The highest BCUT2D eigenvalue weighted by atomic mass is 16.5. The fraction of sp³-hybridized carbons (Fsp3) is 0.385. The summed E-state index contributed by atoms with van der Waals surface area (Å²) >= 11 is 0. The number of carbonyl (C=O) groups excluding carboxylic acids is 1. The number of hydrogen-bond donors (Lipinski definition) is 2. The molecule has 1 atom stereocenters. The number of rotatable bonds is 7. The minimum atomic E-state index is -0.244. The Labute approximate surface area is 194 Å². The van der Waals surface area contributed by atoms with Gasteiger partial charge < -0.3 is 19.9 Å². The molecule has 7 heteroatoms. The van der Waals surface area contributed by atoms with Crippen LogP contribution < -0.4 is 15.6 Å². The first-order valence-electron chi connectivity index (χ1n) is 11.5. The van der Waals surface area contributed by atoms with Gasteiger partial charge in [-0.3, -0.25) is 9.69 Å². The second kappa shape index (κ2) is 10.1. The Hall–Kier alpha value is -3.32. The van der Waals surface area contributed by atoms with Crippen LogP contribution in [0.5, 0.6) is 5.75 Å². The van der Waals surface area contributed by atoms with E-state index >= 15 is 0 Å². The number of fused-ring (bicyclic) bond motifs is 1. The quantitative estimate of drug-likeness (QED) is 0.563. The summed E-state index contributed by atoms with van der Waals surface area (Å²) in [5.41, 5.74) is 2.88. The van der Waals surface area contributed by atoms with E-state index in [9.17, 15) is 9.59 Å². The van der Waals surface area contributed by atoms with Gasteiger partial charge in [0.2, 0.25) is 0 Å². The van der Waals surface area contributed by atoms with Gasteiger partial charge in [0, 0.05) is 18.2 Å². The third-order valence-corrected chi connectivity index (χ3v) is 6.50. The summed E-state index contributed by atoms with van der Waals surface area (Å²) in [6.07, 6.45) is 2.16. The Bertz CT molecular complexity index is 1190. The third-order valence-electron chi connectivity index (χ3n) is 6.50. The summed E-state index contributed by atoms with van der Waals surface area (Å²) in [5.74, 6) is 0.598. The number of pyridine rings is 1. The molecule has 0 bridgehead atoms. The van der Waals surface area contributed by atoms with Crippen LogP contribution in [0.15, 0.2) is 53.3 Å². The van der Waals surface area contributed by atoms with Crippen LogP contribution in [0.3, 0.4) is 0 Å². The molecule has 0 spiro atoms. The van der Waals surface area contributed by atoms with Crippen molar-refractivity contribution in [1.82, 2.24) is 14.8 Å². The molecule has 2 heterocycles. The van der Waals surface area contributed by atoms with Crippen molar-refractivity contribution < 1.29 is 9.53 Å². The third kappa shape index (κ3) is 5.03. The maximum absolute atomic E-state index is 13.4. The number of aromatic nitrogens is 1. The highest BCUT2D eigenvalue weighted by molar-refractivity contribution is 5.91. The minimum Gasteiger partial charge on any atom is -0.495 e. The van der Waals surface area contributed by atoms with Crippen molar-refractivity contribution in [3.63, 3.8) is 0 Å². The average molecular weight is 449 g/mol.